The highest BCUT2D eigenvalue weighted by molar-refractivity contribution is 5.80. The average molecular weight is 293 g/mol. The third-order valence-corrected chi connectivity index (χ3v) is 4.01. The summed E-state index contributed by atoms with van der Waals surface area (Å²) in [5, 5.41) is 3.52. The standard InChI is InChI=1S/C17H27NO3/c1-6-10-15(17(3,21-5)16(19)20-4)18-13(2)14-11-8-7-9-12-14/h7-9,11-13,15,18H,6,10H2,1-5H3/t13-,15-,17?/m0/s1. The molecule has 1 aromatic carbocycles. The highest BCUT2D eigenvalue weighted by atomic mass is 16.6. The monoisotopic (exact) mass is 293 g/mol. The number of hydrogen-bond donors (Lipinski definition) is 1. The second kappa shape index (κ2) is 8.15. The molecule has 0 spiro atoms. The molecule has 1 N–H and O–H groups in total. The van der Waals surface area contributed by atoms with Crippen molar-refractivity contribution < 1.29 is 14.3 Å². The Bertz CT molecular complexity index is 435. The predicted octanol–water partition coefficient (Wildman–Crippen LogP) is 3.08. The highest BCUT2D eigenvalue weighted by Crippen LogP contribution is 2.24. The zero-order valence-electron chi connectivity index (χ0n) is 13.7. The molecule has 0 aliphatic rings. The largest absolute Gasteiger partial charge is 0.467 e. The molecule has 0 bridgehead atoms. The molecule has 0 amide bonds. The van der Waals surface area contributed by atoms with Crippen LogP contribution in [-0.2, 0) is 14.3 Å². The van der Waals surface area contributed by atoms with Gasteiger partial charge < -0.3 is 14.8 Å². The van der Waals surface area contributed by atoms with Gasteiger partial charge in [0.15, 0.2) is 5.60 Å². The van der Waals surface area contributed by atoms with Crippen LogP contribution < -0.4 is 5.32 Å². The Balaban J connectivity index is 2.93. The Hall–Kier alpha value is -1.39. The van der Waals surface area contributed by atoms with E-state index < -0.39 is 5.60 Å². The first-order valence-electron chi connectivity index (χ1n) is 7.44. The lowest BCUT2D eigenvalue weighted by molar-refractivity contribution is -0.168. The number of methoxy groups -OCH3 is 2. The minimum Gasteiger partial charge on any atom is -0.467 e. The van der Waals surface area contributed by atoms with Crippen LogP contribution in [0.15, 0.2) is 30.3 Å². The van der Waals surface area contributed by atoms with Gasteiger partial charge in [-0.3, -0.25) is 0 Å². The molecule has 0 heterocycles. The molecular formula is C17H27NO3. The van der Waals surface area contributed by atoms with Crippen molar-refractivity contribution in [2.45, 2.75) is 51.3 Å². The third-order valence-electron chi connectivity index (χ3n) is 4.01. The Morgan fingerprint density at radius 1 is 1.29 bits per heavy atom. The Labute approximate surface area is 127 Å². The van der Waals surface area contributed by atoms with Crippen LogP contribution in [0.1, 0.15) is 45.2 Å². The van der Waals surface area contributed by atoms with Crippen LogP contribution >= 0.6 is 0 Å². The first kappa shape index (κ1) is 17.7. The van der Waals surface area contributed by atoms with Gasteiger partial charge in [0.1, 0.15) is 0 Å². The van der Waals surface area contributed by atoms with Gasteiger partial charge >= 0.3 is 5.97 Å². The number of nitrogens with one attached hydrogen (secondary N) is 1. The Morgan fingerprint density at radius 3 is 2.38 bits per heavy atom. The summed E-state index contributed by atoms with van der Waals surface area (Å²) >= 11 is 0. The molecule has 1 aromatic rings. The van der Waals surface area contributed by atoms with E-state index in [-0.39, 0.29) is 18.1 Å². The van der Waals surface area contributed by atoms with Gasteiger partial charge in [-0.25, -0.2) is 4.79 Å². The average Bonchev–Trinajstić information content (AvgIpc) is 2.53. The molecule has 0 radical (unpaired) electrons. The van der Waals surface area contributed by atoms with Gasteiger partial charge in [-0.15, -0.1) is 0 Å². The maximum absolute atomic E-state index is 12.1. The van der Waals surface area contributed by atoms with E-state index in [1.54, 1.807) is 14.0 Å². The van der Waals surface area contributed by atoms with E-state index in [1.807, 2.05) is 18.2 Å². The van der Waals surface area contributed by atoms with Crippen molar-refractivity contribution >= 4 is 5.97 Å². The van der Waals surface area contributed by atoms with E-state index in [1.165, 1.54) is 12.7 Å². The zero-order chi connectivity index (χ0) is 15.9. The van der Waals surface area contributed by atoms with Crippen LogP contribution in [0.4, 0.5) is 0 Å². The van der Waals surface area contributed by atoms with E-state index >= 15 is 0 Å². The van der Waals surface area contributed by atoms with E-state index in [0.717, 1.165) is 12.8 Å². The molecule has 0 aliphatic heterocycles. The van der Waals surface area contributed by atoms with Crippen LogP contribution in [0.3, 0.4) is 0 Å². The molecule has 0 fully saturated rings. The summed E-state index contributed by atoms with van der Waals surface area (Å²) < 4.78 is 10.4. The summed E-state index contributed by atoms with van der Waals surface area (Å²) in [6, 6.07) is 10.2. The lowest BCUT2D eigenvalue weighted by Gasteiger charge is -2.36. The van der Waals surface area contributed by atoms with Gasteiger partial charge in [0, 0.05) is 19.2 Å². The molecule has 4 nitrogen and oxygen atoms in total. The normalized spacial score (nSPS) is 16.8. The first-order valence-corrected chi connectivity index (χ1v) is 7.44. The molecule has 21 heavy (non-hydrogen) atoms. The fraction of sp³-hybridized carbons (Fsp3) is 0.588. The maximum Gasteiger partial charge on any atom is 0.339 e. The fourth-order valence-electron chi connectivity index (χ4n) is 2.52. The molecule has 4 heteroatoms. The van der Waals surface area contributed by atoms with Crippen molar-refractivity contribution in [2.75, 3.05) is 14.2 Å². The van der Waals surface area contributed by atoms with Crippen LogP contribution in [-0.4, -0.2) is 31.8 Å². The quantitative estimate of drug-likeness (QED) is 0.748. The van der Waals surface area contributed by atoms with Crippen molar-refractivity contribution in [1.82, 2.24) is 5.32 Å². The molecule has 0 saturated carbocycles. The van der Waals surface area contributed by atoms with Gasteiger partial charge in [-0.05, 0) is 25.8 Å². The fourth-order valence-corrected chi connectivity index (χ4v) is 2.52. The number of hydrogen-bond acceptors (Lipinski definition) is 4. The molecule has 1 unspecified atom stereocenters. The Morgan fingerprint density at radius 2 is 1.90 bits per heavy atom. The summed E-state index contributed by atoms with van der Waals surface area (Å²) in [5.41, 5.74) is 0.190. The van der Waals surface area contributed by atoms with Crippen LogP contribution in [0.2, 0.25) is 0 Å². The SMILES string of the molecule is CCC[C@H](N[C@@H](C)c1ccccc1)C(C)(OC)C(=O)OC. The van der Waals surface area contributed by atoms with Gasteiger partial charge in [0.2, 0.25) is 0 Å². The second-order valence-electron chi connectivity index (χ2n) is 5.44. The van der Waals surface area contributed by atoms with E-state index in [4.69, 9.17) is 9.47 Å². The van der Waals surface area contributed by atoms with Crippen molar-refractivity contribution in [2.24, 2.45) is 0 Å². The van der Waals surface area contributed by atoms with E-state index in [2.05, 4.69) is 31.3 Å². The third kappa shape index (κ3) is 4.29. The Kier molecular flexibility index (Phi) is 6.85. The minimum atomic E-state index is -0.992. The van der Waals surface area contributed by atoms with Crippen LogP contribution in [0, 0.1) is 0 Å². The number of rotatable bonds is 8. The highest BCUT2D eigenvalue weighted by Gasteiger charge is 2.42. The summed E-state index contributed by atoms with van der Waals surface area (Å²) in [4.78, 5) is 12.1. The number of benzene rings is 1. The van der Waals surface area contributed by atoms with Gasteiger partial charge in [0.25, 0.3) is 0 Å². The van der Waals surface area contributed by atoms with Gasteiger partial charge in [-0.2, -0.15) is 0 Å². The smallest absolute Gasteiger partial charge is 0.339 e. The summed E-state index contributed by atoms with van der Waals surface area (Å²) in [6.07, 6.45) is 1.78. The molecular weight excluding hydrogens is 266 g/mol. The number of carbonyl (C=O) groups is 1. The molecule has 1 rings (SSSR count). The number of ether oxygens (including phenoxy) is 2. The van der Waals surface area contributed by atoms with Crippen molar-refractivity contribution in [1.29, 1.82) is 0 Å². The van der Waals surface area contributed by atoms with E-state index in [9.17, 15) is 4.79 Å². The molecule has 0 aliphatic carbocycles. The predicted molar refractivity (Wildman–Crippen MR) is 84.1 cm³/mol. The number of esters is 1. The van der Waals surface area contributed by atoms with Crippen molar-refractivity contribution in [3.8, 4) is 0 Å². The topological polar surface area (TPSA) is 47.6 Å². The summed E-state index contributed by atoms with van der Waals surface area (Å²) in [7, 11) is 2.94. The molecule has 3 atom stereocenters. The van der Waals surface area contributed by atoms with Crippen molar-refractivity contribution in [3.05, 3.63) is 35.9 Å². The number of carbonyl (C=O) groups excluding carboxylic acids is 1. The molecule has 118 valence electrons. The van der Waals surface area contributed by atoms with Crippen LogP contribution in [0.25, 0.3) is 0 Å². The van der Waals surface area contributed by atoms with E-state index in [0.29, 0.717) is 0 Å². The van der Waals surface area contributed by atoms with Gasteiger partial charge in [-0.1, -0.05) is 43.7 Å². The van der Waals surface area contributed by atoms with Crippen molar-refractivity contribution in [3.63, 3.8) is 0 Å². The molecule has 0 saturated heterocycles. The van der Waals surface area contributed by atoms with Crippen LogP contribution in [0.5, 0.6) is 0 Å². The lowest BCUT2D eigenvalue weighted by atomic mass is 9.91. The zero-order valence-corrected chi connectivity index (χ0v) is 13.7. The minimum absolute atomic E-state index is 0.116. The molecule has 0 aromatic heterocycles. The summed E-state index contributed by atoms with van der Waals surface area (Å²) in [6.45, 7) is 5.96. The summed E-state index contributed by atoms with van der Waals surface area (Å²) in [5.74, 6) is -0.351. The van der Waals surface area contributed by atoms with Gasteiger partial charge in [0.05, 0.1) is 7.11 Å². The second-order valence-corrected chi connectivity index (χ2v) is 5.44. The first-order chi connectivity index (χ1) is 9.99. The lowest BCUT2D eigenvalue weighted by Crippen LogP contribution is -2.56. The maximum atomic E-state index is 12.1.